The number of anilines is 1. The van der Waals surface area contributed by atoms with Gasteiger partial charge in [-0.05, 0) is 56.5 Å². The monoisotopic (exact) mass is 407 g/mol. The summed E-state index contributed by atoms with van der Waals surface area (Å²) in [5.74, 6) is -0.329. The summed E-state index contributed by atoms with van der Waals surface area (Å²) in [6, 6.07) is 8.75. The van der Waals surface area contributed by atoms with Crippen molar-refractivity contribution in [3.63, 3.8) is 0 Å². The lowest BCUT2D eigenvalue weighted by Gasteiger charge is -2.40. The summed E-state index contributed by atoms with van der Waals surface area (Å²) < 4.78 is 40.1. The number of carbonyl (C=O) groups is 1. The predicted molar refractivity (Wildman–Crippen MR) is 101 cm³/mol. The van der Waals surface area contributed by atoms with E-state index in [0.29, 0.717) is 12.8 Å². The number of aromatic nitrogens is 2. The molecule has 0 bridgehead atoms. The summed E-state index contributed by atoms with van der Waals surface area (Å²) in [5, 5.41) is 8.02. The first-order chi connectivity index (χ1) is 13.2. The molecule has 8 heteroatoms. The van der Waals surface area contributed by atoms with Crippen LogP contribution in [0.15, 0.2) is 42.6 Å². The number of amides is 1. The lowest BCUT2D eigenvalue weighted by Crippen LogP contribution is -2.51. The van der Waals surface area contributed by atoms with Crippen LogP contribution in [0, 0.1) is 6.92 Å². The maximum Gasteiger partial charge on any atom is 0.416 e. The van der Waals surface area contributed by atoms with Gasteiger partial charge in [0.15, 0.2) is 0 Å². The van der Waals surface area contributed by atoms with Crippen LogP contribution in [0.25, 0.3) is 10.9 Å². The third kappa shape index (κ3) is 3.13. The van der Waals surface area contributed by atoms with E-state index in [4.69, 9.17) is 11.6 Å². The number of alkyl halides is 3. The number of rotatable bonds is 3. The third-order valence-electron chi connectivity index (χ3n) is 5.25. The van der Waals surface area contributed by atoms with Crippen molar-refractivity contribution in [3.8, 4) is 0 Å². The van der Waals surface area contributed by atoms with E-state index in [9.17, 15) is 18.0 Å². The van der Waals surface area contributed by atoms with Crippen LogP contribution in [-0.4, -0.2) is 15.7 Å². The smallest absolute Gasteiger partial charge is 0.323 e. The Hall–Kier alpha value is -2.54. The molecule has 0 saturated heterocycles. The molecule has 1 heterocycles. The van der Waals surface area contributed by atoms with Crippen molar-refractivity contribution in [1.29, 1.82) is 0 Å². The first kappa shape index (κ1) is 18.8. The Morgan fingerprint density at radius 1 is 1.21 bits per heavy atom. The molecule has 1 aliphatic carbocycles. The number of benzene rings is 2. The molecule has 0 unspecified atom stereocenters. The van der Waals surface area contributed by atoms with Crippen LogP contribution in [0.3, 0.4) is 0 Å². The minimum Gasteiger partial charge on any atom is -0.323 e. The van der Waals surface area contributed by atoms with Crippen LogP contribution in [0.1, 0.15) is 30.4 Å². The molecule has 1 aliphatic rings. The van der Waals surface area contributed by atoms with Gasteiger partial charge < -0.3 is 5.32 Å². The minimum atomic E-state index is -4.49. The van der Waals surface area contributed by atoms with Crippen LogP contribution in [0.5, 0.6) is 0 Å². The van der Waals surface area contributed by atoms with Crippen molar-refractivity contribution >= 4 is 34.1 Å². The second kappa shape index (κ2) is 6.51. The Morgan fingerprint density at radius 3 is 2.57 bits per heavy atom. The maximum absolute atomic E-state index is 13.0. The van der Waals surface area contributed by atoms with Gasteiger partial charge in [-0.2, -0.15) is 18.3 Å². The zero-order chi connectivity index (χ0) is 20.1. The van der Waals surface area contributed by atoms with E-state index >= 15 is 0 Å². The molecule has 1 saturated carbocycles. The topological polar surface area (TPSA) is 46.9 Å². The summed E-state index contributed by atoms with van der Waals surface area (Å²) in [7, 11) is 0. The molecule has 1 aromatic heterocycles. The van der Waals surface area contributed by atoms with Crippen molar-refractivity contribution in [2.75, 3.05) is 5.32 Å². The number of halogens is 4. The van der Waals surface area contributed by atoms with Gasteiger partial charge in [-0.3, -0.25) is 9.48 Å². The van der Waals surface area contributed by atoms with Gasteiger partial charge in [0.1, 0.15) is 5.54 Å². The molecule has 28 heavy (non-hydrogen) atoms. The molecule has 1 N–H and O–H groups in total. The summed E-state index contributed by atoms with van der Waals surface area (Å²) in [5.41, 5.74) is 0.313. The Kier molecular flexibility index (Phi) is 4.38. The van der Waals surface area contributed by atoms with E-state index < -0.39 is 17.3 Å². The van der Waals surface area contributed by atoms with E-state index in [1.807, 2.05) is 31.3 Å². The van der Waals surface area contributed by atoms with Crippen molar-refractivity contribution in [2.24, 2.45) is 0 Å². The van der Waals surface area contributed by atoms with Crippen molar-refractivity contribution < 1.29 is 18.0 Å². The number of nitrogens with one attached hydrogen (secondary N) is 1. The molecule has 0 atom stereocenters. The molecule has 1 amide bonds. The zero-order valence-corrected chi connectivity index (χ0v) is 15.7. The van der Waals surface area contributed by atoms with Crippen molar-refractivity contribution in [2.45, 2.75) is 37.9 Å². The van der Waals surface area contributed by atoms with Gasteiger partial charge in [-0.1, -0.05) is 23.2 Å². The SMILES string of the molecule is Cc1ccc2nn(C3(C(=O)Nc4ccc(C(F)(F)F)cc4Cl)CCC3)cc2c1. The fourth-order valence-electron chi connectivity index (χ4n) is 3.47. The molecule has 146 valence electrons. The second-order valence-corrected chi connectivity index (χ2v) is 7.57. The number of hydrogen-bond donors (Lipinski definition) is 1. The van der Waals surface area contributed by atoms with Gasteiger partial charge in [0, 0.05) is 11.6 Å². The molecular formula is C20H17ClF3N3O. The highest BCUT2D eigenvalue weighted by atomic mass is 35.5. The van der Waals surface area contributed by atoms with Crippen LogP contribution in [0.4, 0.5) is 18.9 Å². The van der Waals surface area contributed by atoms with Crippen LogP contribution in [0.2, 0.25) is 5.02 Å². The van der Waals surface area contributed by atoms with Gasteiger partial charge in [-0.25, -0.2) is 0 Å². The molecule has 0 spiro atoms. The third-order valence-corrected chi connectivity index (χ3v) is 5.56. The minimum absolute atomic E-state index is 0.151. The largest absolute Gasteiger partial charge is 0.416 e. The molecular weight excluding hydrogens is 391 g/mol. The maximum atomic E-state index is 13.0. The van der Waals surface area contributed by atoms with Gasteiger partial charge >= 0.3 is 6.18 Å². The summed E-state index contributed by atoms with van der Waals surface area (Å²) in [4.78, 5) is 13.0. The standard InChI is InChI=1S/C20H17ClF3N3O/c1-12-3-5-16-13(9-12)11-27(26-16)19(7-2-8-19)18(28)25-17-6-4-14(10-15(17)21)20(22,23)24/h3-6,9-11H,2,7-8H2,1H3,(H,25,28). The highest BCUT2D eigenvalue weighted by Crippen LogP contribution is 2.41. The zero-order valence-electron chi connectivity index (χ0n) is 15.0. The number of carbonyl (C=O) groups excluding carboxylic acids is 1. The molecule has 0 aliphatic heterocycles. The number of nitrogens with zero attached hydrogens (tertiary/aromatic N) is 2. The fraction of sp³-hybridized carbons (Fsp3) is 0.300. The Labute approximate surface area is 164 Å². The molecule has 0 radical (unpaired) electrons. The molecule has 4 rings (SSSR count). The molecule has 3 aromatic rings. The molecule has 1 fully saturated rings. The lowest BCUT2D eigenvalue weighted by atomic mass is 9.76. The predicted octanol–water partition coefficient (Wildman–Crippen LogP) is 5.53. The van der Waals surface area contributed by atoms with Crippen LogP contribution < -0.4 is 5.32 Å². The van der Waals surface area contributed by atoms with Crippen LogP contribution >= 0.6 is 11.6 Å². The first-order valence-electron chi connectivity index (χ1n) is 8.84. The van der Waals surface area contributed by atoms with Crippen molar-refractivity contribution in [3.05, 3.63) is 58.7 Å². The lowest BCUT2D eigenvalue weighted by molar-refractivity contribution is -0.137. The summed E-state index contributed by atoms with van der Waals surface area (Å²) in [6.45, 7) is 1.98. The van der Waals surface area contributed by atoms with Crippen LogP contribution in [-0.2, 0) is 16.5 Å². The van der Waals surface area contributed by atoms with Gasteiger partial charge in [-0.15, -0.1) is 0 Å². The van der Waals surface area contributed by atoms with E-state index in [-0.39, 0.29) is 16.6 Å². The number of hydrogen-bond acceptors (Lipinski definition) is 2. The average molecular weight is 408 g/mol. The fourth-order valence-corrected chi connectivity index (χ4v) is 3.70. The van der Waals surface area contributed by atoms with E-state index in [1.165, 1.54) is 6.07 Å². The van der Waals surface area contributed by atoms with Crippen molar-refractivity contribution in [1.82, 2.24) is 9.78 Å². The Morgan fingerprint density at radius 2 is 1.96 bits per heavy atom. The summed E-state index contributed by atoms with van der Waals surface area (Å²) >= 11 is 5.98. The quantitative estimate of drug-likeness (QED) is 0.620. The number of aryl methyl sites for hydroxylation is 1. The molecule has 2 aromatic carbocycles. The summed E-state index contributed by atoms with van der Waals surface area (Å²) in [6.07, 6.45) is -0.582. The Bertz CT molecular complexity index is 1070. The van der Waals surface area contributed by atoms with E-state index in [2.05, 4.69) is 10.4 Å². The van der Waals surface area contributed by atoms with Gasteiger partial charge in [0.05, 0.1) is 21.8 Å². The van der Waals surface area contributed by atoms with E-state index in [0.717, 1.165) is 35.0 Å². The number of fused-ring (bicyclic) bond motifs is 1. The Balaban J connectivity index is 1.64. The second-order valence-electron chi connectivity index (χ2n) is 7.17. The van der Waals surface area contributed by atoms with Gasteiger partial charge in [0.2, 0.25) is 0 Å². The molecule has 4 nitrogen and oxygen atoms in total. The highest BCUT2D eigenvalue weighted by Gasteiger charge is 2.47. The van der Waals surface area contributed by atoms with E-state index in [1.54, 1.807) is 4.68 Å². The van der Waals surface area contributed by atoms with Gasteiger partial charge in [0.25, 0.3) is 5.91 Å². The highest BCUT2D eigenvalue weighted by molar-refractivity contribution is 6.33. The normalized spacial score (nSPS) is 16.0. The average Bonchev–Trinajstić information content (AvgIpc) is 2.97. The first-order valence-corrected chi connectivity index (χ1v) is 9.22.